The quantitative estimate of drug-likeness (QED) is 0.705. The van der Waals surface area contributed by atoms with E-state index in [0.29, 0.717) is 0 Å². The van der Waals surface area contributed by atoms with Crippen LogP contribution in [0.2, 0.25) is 0 Å². The summed E-state index contributed by atoms with van der Waals surface area (Å²) in [5, 5.41) is 2.22. The van der Waals surface area contributed by atoms with Gasteiger partial charge in [-0.1, -0.05) is 36.3 Å². The molecular formula is C12H11NS. The Hall–Kier alpha value is -1.15. The van der Waals surface area contributed by atoms with Gasteiger partial charge in [0.25, 0.3) is 0 Å². The van der Waals surface area contributed by atoms with E-state index in [1.54, 1.807) is 0 Å². The zero-order valence-corrected chi connectivity index (χ0v) is 7.88. The molecule has 1 aromatic rings. The van der Waals surface area contributed by atoms with Crippen LogP contribution in [0.15, 0.2) is 53.3 Å². The molecule has 0 radical (unpaired) electrons. The van der Waals surface area contributed by atoms with Crippen LogP contribution in [0.3, 0.4) is 0 Å². The highest BCUT2D eigenvalue weighted by molar-refractivity contribution is 8.00. The highest BCUT2D eigenvalue weighted by Gasteiger charge is 2.25. The minimum absolute atomic E-state index is 0.110. The van der Waals surface area contributed by atoms with E-state index in [1.165, 1.54) is 0 Å². The zero-order chi connectivity index (χ0) is 16.3. The third kappa shape index (κ3) is 1.26. The molecule has 1 aromatic carbocycles. The summed E-state index contributed by atoms with van der Waals surface area (Å²) in [4.78, 5) is 0.283. The number of para-hydroxylation sites is 1. The highest BCUT2D eigenvalue weighted by atomic mass is 32.2. The second kappa shape index (κ2) is 3.21. The summed E-state index contributed by atoms with van der Waals surface area (Å²) in [7, 11) is 0. The van der Waals surface area contributed by atoms with E-state index < -0.39 is 11.3 Å². The fourth-order valence-electron chi connectivity index (χ4n) is 1.36. The first kappa shape index (κ1) is 3.46. The Morgan fingerprint density at radius 3 is 3.07 bits per heavy atom. The molecule has 3 rings (SSSR count). The van der Waals surface area contributed by atoms with Crippen molar-refractivity contribution in [3.05, 3.63) is 48.4 Å². The van der Waals surface area contributed by atoms with Crippen LogP contribution >= 0.6 is 11.8 Å². The molecule has 2 heteroatoms. The third-order valence-corrected chi connectivity index (χ3v) is 3.19. The lowest BCUT2D eigenvalue weighted by molar-refractivity contribution is 0.879. The monoisotopic (exact) mass is 209 g/mol. The summed E-state index contributed by atoms with van der Waals surface area (Å²) in [6.07, 6.45) is 0. The number of hydrogen-bond acceptors (Lipinski definition) is 2. The SMILES string of the molecule is [2H]C1=C([2H])C2Nc3c([2H])c([2H])c([2H])c([2H])c3SC2C([2H])=C1[2H]. The van der Waals surface area contributed by atoms with Crippen molar-refractivity contribution in [1.29, 1.82) is 0 Å². The fraction of sp³-hybridized carbons (Fsp3) is 0.167. The van der Waals surface area contributed by atoms with Gasteiger partial charge >= 0.3 is 0 Å². The van der Waals surface area contributed by atoms with Gasteiger partial charge in [0.15, 0.2) is 0 Å². The lowest BCUT2D eigenvalue weighted by Gasteiger charge is -2.31. The normalized spacial score (nSPS) is 38.6. The molecular weight excluding hydrogens is 190 g/mol. The van der Waals surface area contributed by atoms with Gasteiger partial charge in [0.05, 0.1) is 22.3 Å². The van der Waals surface area contributed by atoms with E-state index in [1.807, 2.05) is 0 Å². The van der Waals surface area contributed by atoms with Gasteiger partial charge in [-0.3, -0.25) is 0 Å². The van der Waals surface area contributed by atoms with Crippen molar-refractivity contribution in [2.75, 3.05) is 5.32 Å². The van der Waals surface area contributed by atoms with Crippen molar-refractivity contribution in [2.45, 2.75) is 16.2 Å². The molecule has 0 aromatic heterocycles. The number of fused-ring (bicyclic) bond motifs is 2. The average Bonchev–Trinajstić information content (AvgIpc) is 2.52. The number of hydrogen-bond donors (Lipinski definition) is 1. The van der Waals surface area contributed by atoms with Crippen molar-refractivity contribution in [1.82, 2.24) is 0 Å². The lowest BCUT2D eigenvalue weighted by Crippen LogP contribution is -2.32. The molecule has 0 saturated heterocycles. The van der Waals surface area contributed by atoms with E-state index in [9.17, 15) is 0 Å². The van der Waals surface area contributed by atoms with Crippen LogP contribution < -0.4 is 5.32 Å². The Morgan fingerprint density at radius 1 is 1.21 bits per heavy atom. The standard InChI is InChI=1S/C12H11NS/c1-3-7-11-9(5-1)13-10-6-2-4-8-12(10)14-11/h1-9,11,13H/i1D,2D,3D,4D,5D,6D,7D,8D. The van der Waals surface area contributed by atoms with E-state index in [-0.39, 0.29) is 59.0 Å². The summed E-state index contributed by atoms with van der Waals surface area (Å²) >= 11 is 1.05. The predicted octanol–water partition coefficient (Wildman–Crippen LogP) is 3.07. The molecule has 2 atom stereocenters. The smallest absolute Gasteiger partial charge is 0.0645 e. The van der Waals surface area contributed by atoms with Crippen LogP contribution in [0.1, 0.15) is 11.0 Å². The molecule has 1 aliphatic carbocycles. The number of rotatable bonds is 0. The first-order valence-corrected chi connectivity index (χ1v) is 5.02. The lowest BCUT2D eigenvalue weighted by atomic mass is 10.1. The number of thioether (sulfide) groups is 1. The minimum atomic E-state index is -0.744. The summed E-state index contributed by atoms with van der Waals surface area (Å²) in [5.74, 6) is 0. The van der Waals surface area contributed by atoms with Gasteiger partial charge in [0, 0.05) is 10.6 Å². The van der Waals surface area contributed by atoms with E-state index in [2.05, 4.69) is 5.32 Å². The minimum Gasteiger partial charge on any atom is -0.376 e. The maximum Gasteiger partial charge on any atom is 0.0645 e. The fourth-order valence-corrected chi connectivity index (χ4v) is 2.34. The topological polar surface area (TPSA) is 12.0 Å². The average molecular weight is 209 g/mol. The number of allylic oxidation sites excluding steroid dienone is 2. The van der Waals surface area contributed by atoms with Gasteiger partial charge in [-0.2, -0.15) is 0 Å². The number of anilines is 1. The van der Waals surface area contributed by atoms with Crippen LogP contribution in [-0.4, -0.2) is 11.3 Å². The summed E-state index contributed by atoms with van der Waals surface area (Å²) in [5.41, 5.74) is 0.191. The third-order valence-electron chi connectivity index (χ3n) is 2.01. The number of nitrogens with one attached hydrogen (secondary N) is 1. The molecule has 2 aliphatic rings. The van der Waals surface area contributed by atoms with Crippen LogP contribution in [0.4, 0.5) is 5.69 Å². The van der Waals surface area contributed by atoms with Crippen molar-refractivity contribution < 1.29 is 11.0 Å². The van der Waals surface area contributed by atoms with Gasteiger partial charge in [-0.25, -0.2) is 0 Å². The molecule has 70 valence electrons. The molecule has 0 amide bonds. The maximum absolute atomic E-state index is 7.99. The second-order valence-corrected chi connectivity index (χ2v) is 4.06. The van der Waals surface area contributed by atoms with Crippen molar-refractivity contribution in [3.8, 4) is 0 Å². The Kier molecular flexibility index (Phi) is 0.792. The molecule has 0 fully saturated rings. The van der Waals surface area contributed by atoms with Crippen LogP contribution in [0, 0.1) is 0 Å². The van der Waals surface area contributed by atoms with E-state index in [4.69, 9.17) is 11.0 Å². The van der Waals surface area contributed by atoms with Crippen LogP contribution in [0.5, 0.6) is 0 Å². The molecule has 14 heavy (non-hydrogen) atoms. The maximum atomic E-state index is 7.99. The van der Waals surface area contributed by atoms with Crippen molar-refractivity contribution in [2.24, 2.45) is 0 Å². The summed E-state index contributed by atoms with van der Waals surface area (Å²) in [6, 6.07) is -2.78. The second-order valence-electron chi connectivity index (χ2n) is 2.90. The van der Waals surface area contributed by atoms with Crippen LogP contribution in [-0.2, 0) is 0 Å². The first-order valence-electron chi connectivity index (χ1n) is 8.14. The zero-order valence-electron chi connectivity index (χ0n) is 15.1. The van der Waals surface area contributed by atoms with Gasteiger partial charge in [-0.05, 0) is 12.1 Å². The molecule has 0 spiro atoms. The van der Waals surface area contributed by atoms with Gasteiger partial charge in [-0.15, -0.1) is 11.8 Å². The number of benzene rings is 1. The molecule has 1 nitrogen and oxygen atoms in total. The van der Waals surface area contributed by atoms with Crippen molar-refractivity contribution >= 4 is 17.4 Å². The van der Waals surface area contributed by atoms with Crippen molar-refractivity contribution in [3.63, 3.8) is 0 Å². The van der Waals surface area contributed by atoms with Gasteiger partial charge in [0.2, 0.25) is 0 Å². The molecule has 1 heterocycles. The Morgan fingerprint density at radius 2 is 2.07 bits per heavy atom. The van der Waals surface area contributed by atoms with E-state index >= 15 is 0 Å². The highest BCUT2D eigenvalue weighted by Crippen LogP contribution is 2.39. The molecule has 0 saturated carbocycles. The van der Waals surface area contributed by atoms with E-state index in [0.717, 1.165) is 11.8 Å². The summed E-state index contributed by atoms with van der Waals surface area (Å²) < 4.78 is 62.7. The van der Waals surface area contributed by atoms with Gasteiger partial charge < -0.3 is 5.32 Å². The largest absolute Gasteiger partial charge is 0.376 e. The molecule has 2 unspecified atom stereocenters. The Bertz CT molecular complexity index is 693. The Balaban J connectivity index is 2.20. The summed E-state index contributed by atoms with van der Waals surface area (Å²) in [6.45, 7) is 0. The molecule has 1 N–H and O–H groups in total. The van der Waals surface area contributed by atoms with Gasteiger partial charge in [0.1, 0.15) is 0 Å². The Labute approximate surface area is 99.1 Å². The first-order chi connectivity index (χ1) is 10.3. The predicted molar refractivity (Wildman–Crippen MR) is 61.8 cm³/mol. The molecule has 1 aliphatic heterocycles. The molecule has 0 bridgehead atoms. The van der Waals surface area contributed by atoms with Crippen LogP contribution in [0.25, 0.3) is 0 Å².